The van der Waals surface area contributed by atoms with Crippen LogP contribution in [0.1, 0.15) is 124 Å². The van der Waals surface area contributed by atoms with E-state index >= 15 is 0 Å². The van der Waals surface area contributed by atoms with E-state index in [0.717, 1.165) is 6.42 Å². The maximum absolute atomic E-state index is 11.7. The zero-order valence-corrected chi connectivity index (χ0v) is 17.9. The molecule has 0 aliphatic carbocycles. The molecule has 0 aliphatic heterocycles. The van der Waals surface area contributed by atoms with E-state index in [9.17, 15) is 4.79 Å². The minimum atomic E-state index is -0.126. The van der Waals surface area contributed by atoms with Crippen LogP contribution in [0.5, 0.6) is 0 Å². The van der Waals surface area contributed by atoms with E-state index in [0.29, 0.717) is 13.0 Å². The van der Waals surface area contributed by atoms with Gasteiger partial charge < -0.3 is 10.2 Å². The quantitative estimate of drug-likeness (QED) is 0.151. The van der Waals surface area contributed by atoms with Crippen molar-refractivity contribution in [2.45, 2.75) is 130 Å². The van der Waals surface area contributed by atoms with Gasteiger partial charge >= 0.3 is 0 Å². The van der Waals surface area contributed by atoms with Gasteiger partial charge in [-0.3, -0.25) is 4.79 Å². The number of hydroxylamine groups is 1. The number of rotatable bonds is 20. The molecule has 0 radical (unpaired) electrons. The lowest BCUT2D eigenvalue weighted by atomic mass is 10.0. The second kappa shape index (κ2) is 20.7. The van der Waals surface area contributed by atoms with Gasteiger partial charge in [0.15, 0.2) is 0 Å². The van der Waals surface area contributed by atoms with E-state index < -0.39 is 0 Å². The average molecular weight is 371 g/mol. The molecule has 0 rings (SSSR count). The van der Waals surface area contributed by atoms with Crippen molar-refractivity contribution in [3.8, 4) is 0 Å². The Bertz CT molecular complexity index is 298. The average Bonchev–Trinajstić information content (AvgIpc) is 2.63. The summed E-state index contributed by atoms with van der Waals surface area (Å²) >= 11 is 0. The number of hydrogen-bond acceptors (Lipinski definition) is 3. The van der Waals surface area contributed by atoms with Crippen LogP contribution >= 0.6 is 0 Å². The van der Waals surface area contributed by atoms with Crippen LogP contribution in [0.25, 0.3) is 0 Å². The summed E-state index contributed by atoms with van der Waals surface area (Å²) < 4.78 is 0. The van der Waals surface area contributed by atoms with Gasteiger partial charge in [0, 0.05) is 6.42 Å². The summed E-state index contributed by atoms with van der Waals surface area (Å²) in [5.74, 6) is 0.111. The largest absolute Gasteiger partial charge is 0.339 e. The first-order valence-corrected chi connectivity index (χ1v) is 11.4. The molecule has 156 valence electrons. The molecule has 0 aliphatic rings. The summed E-state index contributed by atoms with van der Waals surface area (Å²) in [4.78, 5) is 16.8. The van der Waals surface area contributed by atoms with Gasteiger partial charge in [0.05, 0.1) is 12.8 Å². The van der Waals surface area contributed by atoms with Crippen LogP contribution < -0.4 is 10.8 Å². The minimum Gasteiger partial charge on any atom is -0.339 e. The summed E-state index contributed by atoms with van der Waals surface area (Å²) in [6.07, 6.45) is 20.7. The van der Waals surface area contributed by atoms with Crippen molar-refractivity contribution in [3.05, 3.63) is 0 Å². The summed E-state index contributed by atoms with van der Waals surface area (Å²) in [5, 5.41) is 2.89. The number of amides is 1. The van der Waals surface area contributed by atoms with Gasteiger partial charge in [-0.2, -0.15) is 5.48 Å². The van der Waals surface area contributed by atoms with Crippen LogP contribution in [0.15, 0.2) is 0 Å². The first kappa shape index (κ1) is 25.4. The van der Waals surface area contributed by atoms with Crippen molar-refractivity contribution in [1.82, 2.24) is 10.8 Å². The maximum atomic E-state index is 11.7. The predicted molar refractivity (Wildman–Crippen MR) is 112 cm³/mol. The van der Waals surface area contributed by atoms with Gasteiger partial charge in [0.25, 0.3) is 0 Å². The second-order valence-corrected chi connectivity index (χ2v) is 7.54. The lowest BCUT2D eigenvalue weighted by Crippen LogP contribution is -2.43. The molecule has 0 aromatic heterocycles. The molecule has 4 nitrogen and oxygen atoms in total. The number of unbranched alkanes of at least 4 members (excludes halogenated alkanes) is 14. The zero-order valence-electron chi connectivity index (χ0n) is 17.9. The number of carbonyl (C=O) groups is 1. The molecule has 0 bridgehead atoms. The highest BCUT2D eigenvalue weighted by Crippen LogP contribution is 2.13. The molecule has 0 aromatic carbocycles. The van der Waals surface area contributed by atoms with Gasteiger partial charge in [-0.1, -0.05) is 96.8 Å². The zero-order chi connectivity index (χ0) is 19.3. The molecule has 1 atom stereocenters. The van der Waals surface area contributed by atoms with Gasteiger partial charge in [-0.25, -0.2) is 0 Å². The highest BCUT2D eigenvalue weighted by molar-refractivity contribution is 5.76. The van der Waals surface area contributed by atoms with Crippen molar-refractivity contribution in [2.75, 3.05) is 6.61 Å². The summed E-state index contributed by atoms with van der Waals surface area (Å²) in [6.45, 7) is 6.68. The molecular formula is C22H46N2O2. The van der Waals surface area contributed by atoms with Gasteiger partial charge in [-0.05, 0) is 20.3 Å². The van der Waals surface area contributed by atoms with Crippen molar-refractivity contribution >= 4 is 5.91 Å². The lowest BCUT2D eigenvalue weighted by Gasteiger charge is -2.14. The highest BCUT2D eigenvalue weighted by atomic mass is 16.6. The topological polar surface area (TPSA) is 50.4 Å². The first-order chi connectivity index (χ1) is 12.7. The first-order valence-electron chi connectivity index (χ1n) is 11.4. The molecule has 1 unspecified atom stereocenters. The molecule has 0 aromatic rings. The Morgan fingerprint density at radius 3 is 1.58 bits per heavy atom. The number of hydrogen-bond donors (Lipinski definition) is 2. The molecule has 0 spiro atoms. The fourth-order valence-electron chi connectivity index (χ4n) is 3.21. The fourth-order valence-corrected chi connectivity index (χ4v) is 3.21. The Morgan fingerprint density at radius 2 is 1.15 bits per heavy atom. The van der Waals surface area contributed by atoms with Crippen LogP contribution in [0.3, 0.4) is 0 Å². The van der Waals surface area contributed by atoms with Gasteiger partial charge in [-0.15, -0.1) is 0 Å². The Hall–Kier alpha value is -0.610. The smallest absolute Gasteiger partial charge is 0.221 e. The Morgan fingerprint density at radius 1 is 0.731 bits per heavy atom. The Labute approximate surface area is 163 Å². The van der Waals surface area contributed by atoms with Gasteiger partial charge in [0.1, 0.15) is 0 Å². The highest BCUT2D eigenvalue weighted by Gasteiger charge is 2.06. The van der Waals surface area contributed by atoms with Crippen molar-refractivity contribution in [2.24, 2.45) is 0 Å². The molecule has 26 heavy (non-hydrogen) atoms. The normalized spacial score (nSPS) is 12.3. The number of nitrogens with one attached hydrogen (secondary N) is 2. The Kier molecular flexibility index (Phi) is 20.2. The molecule has 4 heteroatoms. The molecular weight excluding hydrogens is 324 g/mol. The standard InChI is InChI=1S/C22H46N2O2/c1-4-6-7-8-9-10-11-12-13-14-15-16-17-18-19-20-22(25)23-21(3)24-26-5-2/h21,24H,4-20H2,1-3H3,(H,23,25). The van der Waals surface area contributed by atoms with Crippen molar-refractivity contribution in [1.29, 1.82) is 0 Å². The van der Waals surface area contributed by atoms with E-state index in [-0.39, 0.29) is 12.1 Å². The second-order valence-electron chi connectivity index (χ2n) is 7.54. The molecule has 0 saturated carbocycles. The fraction of sp³-hybridized carbons (Fsp3) is 0.955. The molecule has 1 amide bonds. The summed E-state index contributed by atoms with van der Waals surface area (Å²) in [6, 6.07) is 0. The van der Waals surface area contributed by atoms with Crippen LogP contribution in [0.4, 0.5) is 0 Å². The van der Waals surface area contributed by atoms with E-state index in [1.54, 1.807) is 0 Å². The predicted octanol–water partition coefficient (Wildman–Crippen LogP) is 6.25. The van der Waals surface area contributed by atoms with Crippen LogP contribution in [-0.4, -0.2) is 18.7 Å². The number of carbonyl (C=O) groups excluding carboxylic acids is 1. The Balaban J connectivity index is 3.18. The minimum absolute atomic E-state index is 0.111. The van der Waals surface area contributed by atoms with E-state index in [4.69, 9.17) is 4.84 Å². The van der Waals surface area contributed by atoms with E-state index in [2.05, 4.69) is 17.7 Å². The molecule has 2 N–H and O–H groups in total. The molecule has 0 heterocycles. The third-order valence-corrected chi connectivity index (χ3v) is 4.79. The van der Waals surface area contributed by atoms with Crippen molar-refractivity contribution in [3.63, 3.8) is 0 Å². The molecule has 0 fully saturated rings. The third kappa shape index (κ3) is 19.7. The van der Waals surface area contributed by atoms with Crippen molar-refractivity contribution < 1.29 is 9.63 Å². The maximum Gasteiger partial charge on any atom is 0.221 e. The summed E-state index contributed by atoms with van der Waals surface area (Å²) in [5.41, 5.74) is 2.79. The lowest BCUT2D eigenvalue weighted by molar-refractivity contribution is -0.123. The van der Waals surface area contributed by atoms with Crippen LogP contribution in [0, 0.1) is 0 Å². The SMILES string of the molecule is CCCCCCCCCCCCCCCCCC(=O)NC(C)NOCC. The van der Waals surface area contributed by atoms with E-state index in [1.165, 1.54) is 89.9 Å². The van der Waals surface area contributed by atoms with Crippen LogP contribution in [-0.2, 0) is 9.63 Å². The molecule has 0 saturated heterocycles. The summed E-state index contributed by atoms with van der Waals surface area (Å²) in [7, 11) is 0. The van der Waals surface area contributed by atoms with Gasteiger partial charge in [0.2, 0.25) is 5.91 Å². The van der Waals surface area contributed by atoms with E-state index in [1.807, 2.05) is 13.8 Å². The third-order valence-electron chi connectivity index (χ3n) is 4.79. The monoisotopic (exact) mass is 370 g/mol. The van der Waals surface area contributed by atoms with Crippen LogP contribution in [0.2, 0.25) is 0 Å².